The van der Waals surface area contributed by atoms with Gasteiger partial charge in [-0.1, -0.05) is 12.1 Å². The van der Waals surface area contributed by atoms with Gasteiger partial charge in [0.1, 0.15) is 11.9 Å². The second-order valence-electron chi connectivity index (χ2n) is 7.44. The predicted molar refractivity (Wildman–Crippen MR) is 103 cm³/mol. The highest BCUT2D eigenvalue weighted by Crippen LogP contribution is 2.28. The molecule has 0 aliphatic carbocycles. The van der Waals surface area contributed by atoms with E-state index in [2.05, 4.69) is 35.4 Å². The number of imidazole rings is 1. The largest absolute Gasteiger partial charge is 0.376 e. The molecule has 4 rings (SSSR count). The third-order valence-corrected chi connectivity index (χ3v) is 5.62. The fraction of sp³-hybridized carbons (Fsp3) is 0.600. The first kappa shape index (κ1) is 18.3. The Kier molecular flexibility index (Phi) is 5.31. The summed E-state index contributed by atoms with van der Waals surface area (Å²) in [5.74, 6) is 1.41. The van der Waals surface area contributed by atoms with Crippen molar-refractivity contribution in [2.75, 3.05) is 32.9 Å². The number of amides is 2. The Hall–Kier alpha value is -2.12. The van der Waals surface area contributed by atoms with Crippen LogP contribution in [0.15, 0.2) is 18.2 Å². The van der Waals surface area contributed by atoms with E-state index >= 15 is 0 Å². The number of aromatic amines is 1. The minimum Gasteiger partial charge on any atom is -0.376 e. The highest BCUT2D eigenvalue weighted by atomic mass is 16.5. The van der Waals surface area contributed by atoms with Gasteiger partial charge >= 0.3 is 6.03 Å². The van der Waals surface area contributed by atoms with Crippen molar-refractivity contribution < 1.29 is 14.3 Å². The van der Waals surface area contributed by atoms with Gasteiger partial charge in [0.2, 0.25) is 0 Å². The van der Waals surface area contributed by atoms with Crippen molar-refractivity contribution in [2.45, 2.75) is 44.8 Å². The van der Waals surface area contributed by atoms with Crippen molar-refractivity contribution in [1.29, 1.82) is 0 Å². The van der Waals surface area contributed by atoms with Gasteiger partial charge in [-0.15, -0.1) is 0 Å². The Labute approximate surface area is 159 Å². The maximum Gasteiger partial charge on any atom is 0.317 e. The van der Waals surface area contributed by atoms with E-state index in [1.807, 2.05) is 11.8 Å². The number of carbonyl (C=O) groups is 1. The molecule has 2 aliphatic rings. The number of ether oxygens (including phenoxy) is 2. The monoisotopic (exact) mass is 372 g/mol. The molecule has 1 aromatic heterocycles. The fourth-order valence-corrected chi connectivity index (χ4v) is 4.04. The Morgan fingerprint density at radius 3 is 2.93 bits per heavy atom. The highest BCUT2D eigenvalue weighted by molar-refractivity contribution is 5.78. The topological polar surface area (TPSA) is 79.5 Å². The first-order valence-corrected chi connectivity index (χ1v) is 9.85. The van der Waals surface area contributed by atoms with Crippen LogP contribution in [0.2, 0.25) is 0 Å². The van der Waals surface area contributed by atoms with Crippen molar-refractivity contribution in [1.82, 2.24) is 20.2 Å². The summed E-state index contributed by atoms with van der Waals surface area (Å²) in [7, 11) is 0. The number of fused-ring (bicyclic) bond motifs is 1. The number of aromatic nitrogens is 2. The van der Waals surface area contributed by atoms with Crippen LogP contribution in [0.25, 0.3) is 11.0 Å². The van der Waals surface area contributed by atoms with Crippen molar-refractivity contribution in [3.8, 4) is 0 Å². The predicted octanol–water partition coefficient (Wildman–Crippen LogP) is 2.56. The SMILES string of the molecule is CCO[C@H]1COC[C@@H]1NC(=O)N1CCC(c2nc3c(C)cccc3[nH]2)CC1. The normalized spacial score (nSPS) is 23.9. The fourth-order valence-electron chi connectivity index (χ4n) is 4.04. The second-order valence-corrected chi connectivity index (χ2v) is 7.44. The number of hydrogen-bond donors (Lipinski definition) is 2. The van der Waals surface area contributed by atoms with Gasteiger partial charge in [0, 0.05) is 25.6 Å². The lowest BCUT2D eigenvalue weighted by Gasteiger charge is -2.32. The lowest BCUT2D eigenvalue weighted by molar-refractivity contribution is 0.0416. The number of benzene rings is 1. The molecule has 2 aliphatic heterocycles. The molecule has 2 atom stereocenters. The molecule has 27 heavy (non-hydrogen) atoms. The van der Waals surface area contributed by atoms with E-state index < -0.39 is 0 Å². The number of piperidine rings is 1. The molecule has 0 spiro atoms. The second kappa shape index (κ2) is 7.86. The number of rotatable bonds is 4. The molecule has 0 radical (unpaired) electrons. The Bertz CT molecular complexity index is 798. The molecule has 7 heteroatoms. The van der Waals surface area contributed by atoms with E-state index in [0.717, 1.165) is 42.8 Å². The number of nitrogens with one attached hydrogen (secondary N) is 2. The Morgan fingerprint density at radius 2 is 2.19 bits per heavy atom. The summed E-state index contributed by atoms with van der Waals surface area (Å²) in [5, 5.41) is 3.08. The molecule has 3 heterocycles. The number of urea groups is 1. The molecule has 2 fully saturated rings. The number of carbonyl (C=O) groups excluding carboxylic acids is 1. The number of para-hydroxylation sites is 1. The van der Waals surface area contributed by atoms with E-state index in [1.165, 1.54) is 5.56 Å². The molecule has 2 N–H and O–H groups in total. The number of H-pyrrole nitrogens is 1. The van der Waals surface area contributed by atoms with E-state index in [1.54, 1.807) is 0 Å². The average molecular weight is 372 g/mol. The number of likely N-dealkylation sites (tertiary alicyclic amines) is 1. The zero-order chi connectivity index (χ0) is 18.8. The van der Waals surface area contributed by atoms with Crippen LogP contribution in [-0.4, -0.2) is 66.0 Å². The zero-order valence-electron chi connectivity index (χ0n) is 16.0. The van der Waals surface area contributed by atoms with Gasteiger partial charge < -0.3 is 24.7 Å². The van der Waals surface area contributed by atoms with Crippen LogP contribution >= 0.6 is 0 Å². The first-order chi connectivity index (χ1) is 13.2. The molecule has 1 aromatic carbocycles. The lowest BCUT2D eigenvalue weighted by Crippen LogP contribution is -2.51. The summed E-state index contributed by atoms with van der Waals surface area (Å²) in [6.07, 6.45) is 1.79. The third-order valence-electron chi connectivity index (χ3n) is 5.62. The van der Waals surface area contributed by atoms with Gasteiger partial charge in [0.25, 0.3) is 0 Å². The number of nitrogens with zero attached hydrogens (tertiary/aromatic N) is 2. The molecule has 0 bridgehead atoms. The van der Waals surface area contributed by atoms with Crippen LogP contribution in [0.5, 0.6) is 0 Å². The van der Waals surface area contributed by atoms with Crippen LogP contribution in [0.4, 0.5) is 4.79 Å². The van der Waals surface area contributed by atoms with Gasteiger partial charge in [-0.25, -0.2) is 9.78 Å². The molecular weight excluding hydrogens is 344 g/mol. The Balaban J connectivity index is 1.34. The van der Waals surface area contributed by atoms with Crippen molar-refractivity contribution in [3.05, 3.63) is 29.6 Å². The summed E-state index contributed by atoms with van der Waals surface area (Å²) >= 11 is 0. The third kappa shape index (κ3) is 3.80. The Morgan fingerprint density at radius 1 is 1.37 bits per heavy atom. The summed E-state index contributed by atoms with van der Waals surface area (Å²) < 4.78 is 11.1. The molecule has 2 aromatic rings. The van der Waals surface area contributed by atoms with E-state index in [0.29, 0.717) is 25.7 Å². The molecule has 0 saturated carbocycles. The van der Waals surface area contributed by atoms with Gasteiger partial charge in [-0.2, -0.15) is 0 Å². The minimum absolute atomic E-state index is 0.0193. The molecular formula is C20H28N4O3. The smallest absolute Gasteiger partial charge is 0.317 e. The van der Waals surface area contributed by atoms with Crippen LogP contribution < -0.4 is 5.32 Å². The standard InChI is InChI=1S/C20H28N4O3/c1-3-27-17-12-26-11-16(17)22-20(25)24-9-7-14(8-10-24)19-21-15-6-4-5-13(2)18(15)23-19/h4-6,14,16-17H,3,7-12H2,1-2H3,(H,21,23)(H,22,25)/t16-,17-/m0/s1. The maximum atomic E-state index is 12.6. The summed E-state index contributed by atoms with van der Waals surface area (Å²) in [5.41, 5.74) is 3.33. The van der Waals surface area contributed by atoms with Crippen molar-refractivity contribution in [3.63, 3.8) is 0 Å². The van der Waals surface area contributed by atoms with Gasteiger partial charge in [0.05, 0.1) is 30.3 Å². The highest BCUT2D eigenvalue weighted by Gasteiger charge is 2.32. The summed E-state index contributed by atoms with van der Waals surface area (Å²) in [6.45, 7) is 7.21. The van der Waals surface area contributed by atoms with Crippen LogP contribution in [0.3, 0.4) is 0 Å². The van der Waals surface area contributed by atoms with E-state index in [4.69, 9.17) is 14.5 Å². The zero-order valence-corrected chi connectivity index (χ0v) is 16.0. The molecule has 0 unspecified atom stereocenters. The van der Waals surface area contributed by atoms with Crippen LogP contribution in [0, 0.1) is 6.92 Å². The molecule has 2 amide bonds. The van der Waals surface area contributed by atoms with E-state index in [-0.39, 0.29) is 18.2 Å². The quantitative estimate of drug-likeness (QED) is 0.864. The number of hydrogen-bond acceptors (Lipinski definition) is 4. The van der Waals surface area contributed by atoms with E-state index in [9.17, 15) is 4.79 Å². The van der Waals surface area contributed by atoms with Crippen molar-refractivity contribution in [2.24, 2.45) is 0 Å². The van der Waals surface area contributed by atoms with Gasteiger partial charge in [-0.3, -0.25) is 0 Å². The maximum absolute atomic E-state index is 12.6. The molecule has 7 nitrogen and oxygen atoms in total. The number of aryl methyl sites for hydroxylation is 1. The van der Waals surface area contributed by atoms with Crippen molar-refractivity contribution >= 4 is 17.1 Å². The first-order valence-electron chi connectivity index (χ1n) is 9.85. The molecule has 146 valence electrons. The molecule has 2 saturated heterocycles. The van der Waals surface area contributed by atoms with Crippen LogP contribution in [-0.2, 0) is 9.47 Å². The lowest BCUT2D eigenvalue weighted by atomic mass is 9.96. The summed E-state index contributed by atoms with van der Waals surface area (Å²) in [4.78, 5) is 22.8. The van der Waals surface area contributed by atoms with Gasteiger partial charge in [0.15, 0.2) is 0 Å². The van der Waals surface area contributed by atoms with Crippen LogP contribution in [0.1, 0.15) is 37.1 Å². The minimum atomic E-state index is -0.0616. The van der Waals surface area contributed by atoms with Gasteiger partial charge in [-0.05, 0) is 38.3 Å². The summed E-state index contributed by atoms with van der Waals surface area (Å²) in [6, 6.07) is 6.12. The average Bonchev–Trinajstić information content (AvgIpc) is 3.30.